The molecular formula is C11H13N3. The first-order chi connectivity index (χ1) is 6.68. The lowest BCUT2D eigenvalue weighted by Crippen LogP contribution is -1.98. The molecule has 0 amide bonds. The lowest BCUT2D eigenvalue weighted by atomic mass is 10.1. The molecule has 0 aliphatic rings. The number of fused-ring (bicyclic) bond motifs is 1. The minimum Gasteiger partial charge on any atom is -0.262 e. The molecule has 0 aliphatic heterocycles. The van der Waals surface area contributed by atoms with Crippen molar-refractivity contribution in [1.29, 1.82) is 0 Å². The van der Waals surface area contributed by atoms with Crippen molar-refractivity contribution < 1.29 is 0 Å². The van der Waals surface area contributed by atoms with Crippen LogP contribution in [0.15, 0.2) is 18.6 Å². The number of hydrogen-bond donors (Lipinski definition) is 0. The molecule has 0 radical (unpaired) electrons. The summed E-state index contributed by atoms with van der Waals surface area (Å²) in [7, 11) is 0. The standard InChI is InChI=1S/C11H13N3/c1-7(2)11-13-5-9-8(3)4-12-6-10(9)14-11/h4-7H,1-3H3. The van der Waals surface area contributed by atoms with Crippen molar-refractivity contribution in [1.82, 2.24) is 15.0 Å². The monoisotopic (exact) mass is 187 g/mol. The maximum atomic E-state index is 4.46. The third-order valence-electron chi connectivity index (χ3n) is 2.24. The summed E-state index contributed by atoms with van der Waals surface area (Å²) in [5.74, 6) is 1.24. The number of hydrogen-bond acceptors (Lipinski definition) is 3. The molecule has 0 saturated heterocycles. The average Bonchev–Trinajstić information content (AvgIpc) is 2.17. The molecule has 0 N–H and O–H groups in total. The lowest BCUT2D eigenvalue weighted by Gasteiger charge is -2.05. The Balaban J connectivity index is 2.67. The van der Waals surface area contributed by atoms with E-state index in [1.54, 1.807) is 6.20 Å². The van der Waals surface area contributed by atoms with Gasteiger partial charge in [0.1, 0.15) is 5.82 Å². The maximum Gasteiger partial charge on any atom is 0.131 e. The molecule has 0 spiro atoms. The minimum atomic E-state index is 0.361. The van der Waals surface area contributed by atoms with E-state index in [2.05, 4.69) is 28.8 Å². The fourth-order valence-electron chi connectivity index (χ4n) is 1.38. The van der Waals surface area contributed by atoms with E-state index in [0.29, 0.717) is 5.92 Å². The zero-order valence-electron chi connectivity index (χ0n) is 8.65. The molecule has 0 aromatic carbocycles. The van der Waals surface area contributed by atoms with E-state index in [1.165, 1.54) is 0 Å². The molecule has 2 aromatic rings. The second kappa shape index (κ2) is 3.33. The van der Waals surface area contributed by atoms with Crippen molar-refractivity contribution in [2.75, 3.05) is 0 Å². The third kappa shape index (κ3) is 1.45. The van der Waals surface area contributed by atoms with Crippen LogP contribution in [0, 0.1) is 6.92 Å². The molecule has 72 valence electrons. The summed E-state index contributed by atoms with van der Waals surface area (Å²) in [6.45, 7) is 6.20. The van der Waals surface area contributed by atoms with Crippen molar-refractivity contribution in [3.05, 3.63) is 30.0 Å². The highest BCUT2D eigenvalue weighted by molar-refractivity contribution is 5.79. The SMILES string of the molecule is Cc1cncc2nc(C(C)C)ncc12. The van der Waals surface area contributed by atoms with Gasteiger partial charge in [-0.05, 0) is 12.5 Å². The summed E-state index contributed by atoms with van der Waals surface area (Å²) in [5.41, 5.74) is 2.06. The fourth-order valence-corrected chi connectivity index (χ4v) is 1.38. The second-order valence-corrected chi connectivity index (χ2v) is 3.77. The number of aromatic nitrogens is 3. The van der Waals surface area contributed by atoms with Crippen LogP contribution in [-0.4, -0.2) is 15.0 Å². The summed E-state index contributed by atoms with van der Waals surface area (Å²) >= 11 is 0. The van der Waals surface area contributed by atoms with Gasteiger partial charge in [0.15, 0.2) is 0 Å². The molecule has 14 heavy (non-hydrogen) atoms. The van der Waals surface area contributed by atoms with Gasteiger partial charge in [0.2, 0.25) is 0 Å². The van der Waals surface area contributed by atoms with Crippen LogP contribution in [0.3, 0.4) is 0 Å². The van der Waals surface area contributed by atoms with Crippen LogP contribution in [0.1, 0.15) is 31.2 Å². The Hall–Kier alpha value is -1.51. The summed E-state index contributed by atoms with van der Waals surface area (Å²) in [5, 5.41) is 1.09. The van der Waals surface area contributed by atoms with E-state index in [1.807, 2.05) is 19.3 Å². The highest BCUT2D eigenvalue weighted by Gasteiger charge is 2.05. The fraction of sp³-hybridized carbons (Fsp3) is 0.364. The smallest absolute Gasteiger partial charge is 0.131 e. The van der Waals surface area contributed by atoms with E-state index in [9.17, 15) is 0 Å². The van der Waals surface area contributed by atoms with Gasteiger partial charge in [-0.1, -0.05) is 13.8 Å². The number of aryl methyl sites for hydroxylation is 1. The normalized spacial score (nSPS) is 11.1. The van der Waals surface area contributed by atoms with Gasteiger partial charge in [-0.25, -0.2) is 9.97 Å². The third-order valence-corrected chi connectivity index (χ3v) is 2.24. The van der Waals surface area contributed by atoms with Gasteiger partial charge >= 0.3 is 0 Å². The number of pyridine rings is 1. The molecule has 2 aromatic heterocycles. The van der Waals surface area contributed by atoms with Crippen molar-refractivity contribution in [2.24, 2.45) is 0 Å². The van der Waals surface area contributed by atoms with Crippen molar-refractivity contribution >= 4 is 10.9 Å². The Bertz CT molecular complexity index is 463. The van der Waals surface area contributed by atoms with E-state index < -0.39 is 0 Å². The summed E-state index contributed by atoms with van der Waals surface area (Å²) in [4.78, 5) is 12.9. The van der Waals surface area contributed by atoms with Gasteiger partial charge in [-0.15, -0.1) is 0 Å². The molecule has 2 rings (SSSR count). The largest absolute Gasteiger partial charge is 0.262 e. The van der Waals surface area contributed by atoms with E-state index >= 15 is 0 Å². The van der Waals surface area contributed by atoms with Crippen LogP contribution in [0.5, 0.6) is 0 Å². The van der Waals surface area contributed by atoms with Gasteiger partial charge in [-0.2, -0.15) is 0 Å². The van der Waals surface area contributed by atoms with Crippen LogP contribution in [0.25, 0.3) is 10.9 Å². The predicted molar refractivity (Wildman–Crippen MR) is 56.2 cm³/mol. The molecule has 0 saturated carbocycles. The minimum absolute atomic E-state index is 0.361. The molecule has 2 heterocycles. The Morgan fingerprint density at radius 1 is 1.14 bits per heavy atom. The van der Waals surface area contributed by atoms with Gasteiger partial charge in [0.25, 0.3) is 0 Å². The molecule has 3 nitrogen and oxygen atoms in total. The molecule has 3 heteroatoms. The van der Waals surface area contributed by atoms with Gasteiger partial charge in [-0.3, -0.25) is 4.98 Å². The average molecular weight is 187 g/mol. The zero-order valence-corrected chi connectivity index (χ0v) is 8.65. The Kier molecular flexibility index (Phi) is 2.15. The first-order valence-electron chi connectivity index (χ1n) is 4.75. The lowest BCUT2D eigenvalue weighted by molar-refractivity contribution is 0.782. The summed E-state index contributed by atoms with van der Waals surface area (Å²) in [6, 6.07) is 0. The predicted octanol–water partition coefficient (Wildman–Crippen LogP) is 2.46. The Morgan fingerprint density at radius 2 is 1.93 bits per heavy atom. The highest BCUT2D eigenvalue weighted by Crippen LogP contribution is 2.16. The molecule has 0 unspecified atom stereocenters. The maximum absolute atomic E-state index is 4.46. The van der Waals surface area contributed by atoms with Crippen LogP contribution in [0.4, 0.5) is 0 Å². The van der Waals surface area contributed by atoms with Crippen molar-refractivity contribution in [2.45, 2.75) is 26.7 Å². The zero-order chi connectivity index (χ0) is 10.1. The van der Waals surface area contributed by atoms with Gasteiger partial charge in [0.05, 0.1) is 11.7 Å². The molecular weight excluding hydrogens is 174 g/mol. The molecule has 0 bridgehead atoms. The van der Waals surface area contributed by atoms with E-state index in [0.717, 1.165) is 22.3 Å². The topological polar surface area (TPSA) is 38.7 Å². The van der Waals surface area contributed by atoms with E-state index in [-0.39, 0.29) is 0 Å². The summed E-state index contributed by atoms with van der Waals surface area (Å²) < 4.78 is 0. The number of rotatable bonds is 1. The quantitative estimate of drug-likeness (QED) is 0.688. The van der Waals surface area contributed by atoms with Gasteiger partial charge in [0, 0.05) is 23.7 Å². The summed E-state index contributed by atoms with van der Waals surface area (Å²) in [6.07, 6.45) is 5.51. The van der Waals surface area contributed by atoms with Gasteiger partial charge < -0.3 is 0 Å². The molecule has 0 atom stereocenters. The van der Waals surface area contributed by atoms with Crippen LogP contribution >= 0.6 is 0 Å². The number of nitrogens with zero attached hydrogens (tertiary/aromatic N) is 3. The van der Waals surface area contributed by atoms with Crippen molar-refractivity contribution in [3.8, 4) is 0 Å². The van der Waals surface area contributed by atoms with Crippen LogP contribution < -0.4 is 0 Å². The van der Waals surface area contributed by atoms with Crippen molar-refractivity contribution in [3.63, 3.8) is 0 Å². The van der Waals surface area contributed by atoms with E-state index in [4.69, 9.17) is 0 Å². The Labute approximate surface area is 83.2 Å². The Morgan fingerprint density at radius 3 is 2.64 bits per heavy atom. The second-order valence-electron chi connectivity index (χ2n) is 3.77. The van der Waals surface area contributed by atoms with Crippen LogP contribution in [0.2, 0.25) is 0 Å². The first kappa shape index (κ1) is 9.06. The highest BCUT2D eigenvalue weighted by atomic mass is 14.9. The van der Waals surface area contributed by atoms with Crippen LogP contribution in [-0.2, 0) is 0 Å². The first-order valence-corrected chi connectivity index (χ1v) is 4.75. The molecule has 0 aliphatic carbocycles. The molecule has 0 fully saturated rings.